The van der Waals surface area contributed by atoms with Crippen LogP contribution in [0.3, 0.4) is 0 Å². The first kappa shape index (κ1) is 41.2. The third kappa shape index (κ3) is 9.31. The van der Waals surface area contributed by atoms with Gasteiger partial charge in [0.2, 0.25) is 0 Å². The van der Waals surface area contributed by atoms with E-state index in [1.165, 1.54) is 43.0 Å². The van der Waals surface area contributed by atoms with Crippen LogP contribution in [0, 0.1) is 0 Å². The second-order valence-electron chi connectivity index (χ2n) is 15.1. The van der Waals surface area contributed by atoms with Crippen molar-refractivity contribution < 1.29 is 9.47 Å². The van der Waals surface area contributed by atoms with Crippen molar-refractivity contribution in [1.82, 2.24) is 0 Å². The Morgan fingerprint density at radius 2 is 0.569 bits per heavy atom. The molecule has 0 atom stereocenters. The molecular formula is C54H58O2P2+2. The van der Waals surface area contributed by atoms with Crippen LogP contribution >= 0.6 is 14.5 Å². The predicted octanol–water partition coefficient (Wildman–Crippen LogP) is 11.8. The van der Waals surface area contributed by atoms with Crippen LogP contribution < -0.4 is 41.3 Å². The lowest BCUT2D eigenvalue weighted by Gasteiger charge is -2.30. The Kier molecular flexibility index (Phi) is 14.6. The van der Waals surface area contributed by atoms with E-state index in [-0.39, 0.29) is 0 Å². The Bertz CT molecular complexity index is 1890. The summed E-state index contributed by atoms with van der Waals surface area (Å²) in [4.78, 5) is 0. The van der Waals surface area contributed by atoms with Gasteiger partial charge in [-0.15, -0.1) is 0 Å². The Labute approximate surface area is 349 Å². The molecule has 0 bridgehead atoms. The summed E-state index contributed by atoms with van der Waals surface area (Å²) in [7, 11) is -4.46. The Balaban J connectivity index is 1.47. The molecule has 0 saturated carbocycles. The van der Waals surface area contributed by atoms with Crippen molar-refractivity contribution >= 4 is 46.4 Å². The molecule has 0 heterocycles. The fourth-order valence-electron chi connectivity index (χ4n) is 8.28. The van der Waals surface area contributed by atoms with Crippen LogP contribution in [0.25, 0.3) is 0 Å². The Morgan fingerprint density at radius 1 is 0.328 bits per heavy atom. The van der Waals surface area contributed by atoms with E-state index in [0.29, 0.717) is 13.2 Å². The van der Waals surface area contributed by atoms with Gasteiger partial charge >= 0.3 is 0 Å². The van der Waals surface area contributed by atoms with Gasteiger partial charge in [-0.2, -0.15) is 0 Å². The molecule has 0 radical (unpaired) electrons. The first-order valence-electron chi connectivity index (χ1n) is 21.2. The molecule has 58 heavy (non-hydrogen) atoms. The monoisotopic (exact) mass is 800 g/mol. The summed E-state index contributed by atoms with van der Waals surface area (Å²) in [6.07, 6.45) is 8.24. The minimum Gasteiger partial charge on any atom is -0.493 e. The smallest absolute Gasteiger partial charge is 0.126 e. The average molecular weight is 801 g/mol. The third-order valence-corrected chi connectivity index (χ3v) is 20.0. The van der Waals surface area contributed by atoms with E-state index >= 15 is 0 Å². The summed E-state index contributed by atoms with van der Waals surface area (Å²) < 4.78 is 14.1. The molecule has 0 aromatic heterocycles. The van der Waals surface area contributed by atoms with E-state index in [9.17, 15) is 0 Å². The lowest BCUT2D eigenvalue weighted by atomic mass is 10.1. The summed E-state index contributed by atoms with van der Waals surface area (Å²) in [5, 5.41) is 8.17. The second-order valence-corrected chi connectivity index (χ2v) is 22.1. The number of benzene rings is 7. The summed E-state index contributed by atoms with van der Waals surface area (Å²) >= 11 is 0. The van der Waals surface area contributed by atoms with Crippen LogP contribution in [0.4, 0.5) is 0 Å². The highest BCUT2D eigenvalue weighted by Crippen LogP contribution is 2.62. The summed E-state index contributed by atoms with van der Waals surface area (Å²) in [6.45, 7) is 5.88. The summed E-state index contributed by atoms with van der Waals surface area (Å²) in [5.41, 5.74) is 2.41. The molecule has 0 aliphatic carbocycles. The standard InChI is InChI=1S/C54H58O2P2/c1-3-5-25-39-55-53-41-46(44-58(50-33-19-10-20-34-50,51-35-21-11-22-36-51)52-37-23-12-24-38-52)54(56-40-26-6-4-2)42-45(53)43-57(47-27-13-7-14-28-47,48-29-15-8-16-30-48)49-31-17-9-18-32-49/h7-24,27-38,41-42H,3-6,25-26,39-40,43-44H2,1-2H3/q+2. The Hall–Kier alpha value is -5.00. The van der Waals surface area contributed by atoms with E-state index in [2.05, 4.69) is 208 Å². The zero-order valence-corrected chi connectivity index (χ0v) is 36.0. The molecule has 4 heteroatoms. The number of hydrogen-bond acceptors (Lipinski definition) is 2. The first-order chi connectivity index (χ1) is 28.7. The van der Waals surface area contributed by atoms with Crippen LogP contribution in [-0.4, -0.2) is 13.2 Å². The van der Waals surface area contributed by atoms with Crippen LogP contribution in [0.2, 0.25) is 0 Å². The minimum atomic E-state index is -2.23. The summed E-state index contributed by atoms with van der Waals surface area (Å²) in [5.74, 6) is 1.96. The van der Waals surface area contributed by atoms with Gasteiger partial charge in [-0.05, 0) is 97.8 Å². The van der Waals surface area contributed by atoms with Crippen molar-refractivity contribution in [1.29, 1.82) is 0 Å². The minimum absolute atomic E-state index is 0.681. The molecule has 2 nitrogen and oxygen atoms in total. The highest BCUT2D eigenvalue weighted by Gasteiger charge is 2.48. The van der Waals surface area contributed by atoms with Gasteiger partial charge in [0.1, 0.15) is 70.2 Å². The first-order valence-corrected chi connectivity index (χ1v) is 25.1. The van der Waals surface area contributed by atoms with E-state index in [4.69, 9.17) is 9.47 Å². The van der Waals surface area contributed by atoms with Crippen molar-refractivity contribution in [2.24, 2.45) is 0 Å². The van der Waals surface area contributed by atoms with Gasteiger partial charge in [-0.1, -0.05) is 149 Å². The molecule has 0 spiro atoms. The lowest BCUT2D eigenvalue weighted by Crippen LogP contribution is -2.33. The molecule has 0 unspecified atom stereocenters. The maximum Gasteiger partial charge on any atom is 0.126 e. The van der Waals surface area contributed by atoms with Crippen LogP contribution in [0.1, 0.15) is 63.5 Å². The fraction of sp³-hybridized carbons (Fsp3) is 0.222. The molecule has 0 saturated heterocycles. The van der Waals surface area contributed by atoms with E-state index in [0.717, 1.165) is 62.3 Å². The molecule has 294 valence electrons. The zero-order chi connectivity index (χ0) is 39.9. The number of hydrogen-bond donors (Lipinski definition) is 0. The topological polar surface area (TPSA) is 18.5 Å². The van der Waals surface area contributed by atoms with Gasteiger partial charge < -0.3 is 9.47 Å². The van der Waals surface area contributed by atoms with E-state index < -0.39 is 14.5 Å². The number of ether oxygens (including phenoxy) is 2. The molecular weight excluding hydrogens is 743 g/mol. The maximum absolute atomic E-state index is 7.04. The predicted molar refractivity (Wildman–Crippen MR) is 254 cm³/mol. The van der Waals surface area contributed by atoms with E-state index in [1.807, 2.05) is 0 Å². The van der Waals surface area contributed by atoms with E-state index in [1.54, 1.807) is 0 Å². The molecule has 0 aliphatic heterocycles. The quantitative estimate of drug-likeness (QED) is 0.0565. The largest absolute Gasteiger partial charge is 0.493 e. The van der Waals surface area contributed by atoms with Crippen molar-refractivity contribution in [3.8, 4) is 11.5 Å². The normalized spacial score (nSPS) is 11.6. The third-order valence-electron chi connectivity index (χ3n) is 11.3. The fourth-order valence-corrected chi connectivity index (χ4v) is 16.8. The molecule has 7 rings (SSSR count). The van der Waals surface area contributed by atoms with Crippen molar-refractivity contribution in [3.05, 3.63) is 205 Å². The molecule has 0 aliphatic rings. The Morgan fingerprint density at radius 3 is 0.793 bits per heavy atom. The second kappa shape index (κ2) is 20.6. The number of rotatable bonds is 20. The lowest BCUT2D eigenvalue weighted by molar-refractivity contribution is 0.294. The maximum atomic E-state index is 7.04. The van der Waals surface area contributed by atoms with Gasteiger partial charge in [0, 0.05) is 11.1 Å². The van der Waals surface area contributed by atoms with Crippen LogP contribution in [0.5, 0.6) is 11.5 Å². The van der Waals surface area contributed by atoms with Crippen LogP contribution in [-0.2, 0) is 12.3 Å². The van der Waals surface area contributed by atoms with Crippen molar-refractivity contribution in [2.45, 2.75) is 64.7 Å². The van der Waals surface area contributed by atoms with Gasteiger partial charge in [0.25, 0.3) is 0 Å². The van der Waals surface area contributed by atoms with Crippen molar-refractivity contribution in [3.63, 3.8) is 0 Å². The van der Waals surface area contributed by atoms with Gasteiger partial charge in [-0.3, -0.25) is 0 Å². The highest BCUT2D eigenvalue weighted by atomic mass is 31.2. The average Bonchev–Trinajstić information content (AvgIpc) is 3.30. The molecule has 7 aromatic carbocycles. The van der Waals surface area contributed by atoms with Crippen molar-refractivity contribution in [2.75, 3.05) is 13.2 Å². The van der Waals surface area contributed by atoms with Gasteiger partial charge in [0.05, 0.1) is 13.2 Å². The molecule has 0 amide bonds. The van der Waals surface area contributed by atoms with Gasteiger partial charge in [0.15, 0.2) is 0 Å². The molecule has 7 aromatic rings. The zero-order valence-electron chi connectivity index (χ0n) is 34.3. The summed E-state index contributed by atoms with van der Waals surface area (Å²) in [6, 6.07) is 72.0. The SMILES string of the molecule is CCCCCOc1cc(C[P+](c2ccccc2)(c2ccccc2)c2ccccc2)c(OCCCCC)cc1C[P+](c1ccccc1)(c1ccccc1)c1ccccc1. The van der Waals surface area contributed by atoms with Gasteiger partial charge in [-0.25, -0.2) is 0 Å². The molecule has 0 N–H and O–H groups in total. The highest BCUT2D eigenvalue weighted by molar-refractivity contribution is 7.95. The molecule has 0 fully saturated rings. The number of unbranched alkanes of at least 4 members (excludes halogenated alkanes) is 4. The van der Waals surface area contributed by atoms with Crippen LogP contribution in [0.15, 0.2) is 194 Å².